The molecule has 0 aliphatic rings. The van der Waals surface area contributed by atoms with Crippen LogP contribution in [0.25, 0.3) is 0 Å². The summed E-state index contributed by atoms with van der Waals surface area (Å²) in [7, 11) is 0. The van der Waals surface area contributed by atoms with Crippen LogP contribution in [-0.4, -0.2) is 10.9 Å². The fourth-order valence-corrected chi connectivity index (χ4v) is 0.831. The summed E-state index contributed by atoms with van der Waals surface area (Å²) in [5.41, 5.74) is 3.57. The van der Waals surface area contributed by atoms with Crippen molar-refractivity contribution in [1.82, 2.24) is 4.98 Å². The molecule has 0 aliphatic carbocycles. The van der Waals surface area contributed by atoms with Crippen LogP contribution < -0.4 is 5.73 Å². The molecule has 0 bridgehead atoms. The van der Waals surface area contributed by atoms with Crippen LogP contribution in [0.3, 0.4) is 0 Å². The van der Waals surface area contributed by atoms with Crippen molar-refractivity contribution in [1.29, 1.82) is 0 Å². The van der Waals surface area contributed by atoms with E-state index in [-0.39, 0.29) is 0 Å². The van der Waals surface area contributed by atoms with Crippen molar-refractivity contribution >= 4 is 5.91 Å². The minimum absolute atomic E-state index is 0.462. The first-order valence-corrected chi connectivity index (χ1v) is 3.25. The van der Waals surface area contributed by atoms with Gasteiger partial charge in [0.2, 0.25) is 5.95 Å². The van der Waals surface area contributed by atoms with Crippen molar-refractivity contribution in [3.05, 3.63) is 29.3 Å². The average molecular weight is 190 g/mol. The van der Waals surface area contributed by atoms with Crippen molar-refractivity contribution in [2.45, 2.75) is 6.43 Å². The Hall–Kier alpha value is -1.59. The van der Waals surface area contributed by atoms with E-state index in [1.165, 1.54) is 0 Å². The summed E-state index contributed by atoms with van der Waals surface area (Å²) in [6, 6.07) is 0.491. The number of carbonyl (C=O) groups is 1. The lowest BCUT2D eigenvalue weighted by Crippen LogP contribution is -2.14. The first-order valence-electron chi connectivity index (χ1n) is 3.25. The standard InChI is InChI=1S/C7H5F3N2O/c8-5-1-3(6(9)10)4(2-12-5)7(11)13/h1-2,6H,(H2,11,13). The predicted octanol–water partition coefficient (Wildman–Crippen LogP) is 1.26. The van der Waals surface area contributed by atoms with E-state index in [0.29, 0.717) is 12.3 Å². The van der Waals surface area contributed by atoms with Crippen LogP contribution in [-0.2, 0) is 0 Å². The highest BCUT2D eigenvalue weighted by atomic mass is 19.3. The number of hydrogen-bond acceptors (Lipinski definition) is 2. The van der Waals surface area contributed by atoms with Gasteiger partial charge in [0.1, 0.15) is 0 Å². The van der Waals surface area contributed by atoms with E-state index in [0.717, 1.165) is 0 Å². The third-order valence-electron chi connectivity index (χ3n) is 1.40. The van der Waals surface area contributed by atoms with Gasteiger partial charge in [-0.05, 0) is 0 Å². The molecular weight excluding hydrogens is 185 g/mol. The number of rotatable bonds is 2. The smallest absolute Gasteiger partial charge is 0.264 e. The lowest BCUT2D eigenvalue weighted by Gasteiger charge is -2.03. The Kier molecular flexibility index (Phi) is 2.50. The number of alkyl halides is 2. The molecule has 0 spiro atoms. The number of pyridine rings is 1. The van der Waals surface area contributed by atoms with Crippen LogP contribution in [0.4, 0.5) is 13.2 Å². The average Bonchev–Trinajstić information content (AvgIpc) is 2.03. The van der Waals surface area contributed by atoms with Gasteiger partial charge in [-0.2, -0.15) is 4.39 Å². The summed E-state index contributed by atoms with van der Waals surface area (Å²) in [5, 5.41) is 0. The van der Waals surface area contributed by atoms with Crippen LogP contribution in [0.2, 0.25) is 0 Å². The normalized spacial score (nSPS) is 10.5. The summed E-state index contributed by atoms with van der Waals surface area (Å²) in [6.07, 6.45) is -2.25. The number of hydrogen-bond donors (Lipinski definition) is 1. The molecule has 0 radical (unpaired) electrons. The maximum Gasteiger partial charge on any atom is 0.264 e. The Bertz CT molecular complexity index is 341. The van der Waals surface area contributed by atoms with Gasteiger partial charge in [0, 0.05) is 17.8 Å². The number of amides is 1. The summed E-state index contributed by atoms with van der Waals surface area (Å²) < 4.78 is 36.7. The van der Waals surface area contributed by atoms with Gasteiger partial charge in [0.15, 0.2) is 0 Å². The Morgan fingerprint density at radius 3 is 2.62 bits per heavy atom. The predicted molar refractivity (Wildman–Crippen MR) is 37.7 cm³/mol. The van der Waals surface area contributed by atoms with E-state index >= 15 is 0 Å². The van der Waals surface area contributed by atoms with Gasteiger partial charge >= 0.3 is 0 Å². The van der Waals surface area contributed by atoms with Gasteiger partial charge in [0.25, 0.3) is 12.3 Å². The third kappa shape index (κ3) is 1.95. The van der Waals surface area contributed by atoms with Crippen molar-refractivity contribution < 1.29 is 18.0 Å². The molecule has 70 valence electrons. The molecule has 0 unspecified atom stereocenters. The van der Waals surface area contributed by atoms with Gasteiger partial charge < -0.3 is 5.73 Å². The van der Waals surface area contributed by atoms with Crippen LogP contribution in [0, 0.1) is 5.95 Å². The maximum absolute atomic E-state index is 12.4. The molecule has 1 aromatic heterocycles. The molecule has 0 atom stereocenters. The second kappa shape index (κ2) is 3.42. The van der Waals surface area contributed by atoms with Crippen LogP contribution in [0.1, 0.15) is 22.3 Å². The van der Waals surface area contributed by atoms with Gasteiger partial charge in [-0.1, -0.05) is 0 Å². The van der Waals surface area contributed by atoms with Crippen molar-refractivity contribution in [2.75, 3.05) is 0 Å². The summed E-state index contributed by atoms with van der Waals surface area (Å²) in [6.45, 7) is 0. The van der Waals surface area contributed by atoms with Gasteiger partial charge in [-0.15, -0.1) is 0 Å². The summed E-state index contributed by atoms with van der Waals surface area (Å²) in [4.78, 5) is 13.6. The Morgan fingerprint density at radius 2 is 2.15 bits per heavy atom. The number of primary amides is 1. The summed E-state index contributed by atoms with van der Waals surface area (Å²) in [5.74, 6) is -2.12. The van der Waals surface area contributed by atoms with Gasteiger partial charge in [0.05, 0.1) is 5.56 Å². The molecule has 1 aromatic rings. The molecule has 1 amide bonds. The topological polar surface area (TPSA) is 56.0 Å². The lowest BCUT2D eigenvalue weighted by molar-refractivity contribution is 0.0985. The number of halogens is 3. The molecule has 0 saturated carbocycles. The van der Waals surface area contributed by atoms with Crippen LogP contribution in [0.15, 0.2) is 12.3 Å². The van der Waals surface area contributed by atoms with Gasteiger partial charge in [-0.25, -0.2) is 13.8 Å². The van der Waals surface area contributed by atoms with Crippen molar-refractivity contribution in [3.63, 3.8) is 0 Å². The molecule has 2 N–H and O–H groups in total. The molecular formula is C7H5F3N2O. The second-order valence-electron chi connectivity index (χ2n) is 2.26. The van der Waals surface area contributed by atoms with E-state index in [4.69, 9.17) is 5.73 Å². The highest BCUT2D eigenvalue weighted by Gasteiger charge is 2.17. The number of nitrogens with zero attached hydrogens (tertiary/aromatic N) is 1. The first kappa shape index (κ1) is 9.50. The molecule has 6 heteroatoms. The molecule has 1 rings (SSSR count). The Balaban J connectivity index is 3.26. The Morgan fingerprint density at radius 1 is 1.54 bits per heavy atom. The number of aromatic nitrogens is 1. The minimum atomic E-state index is -2.94. The zero-order chi connectivity index (χ0) is 10.0. The number of nitrogens with two attached hydrogens (primary N) is 1. The molecule has 13 heavy (non-hydrogen) atoms. The minimum Gasteiger partial charge on any atom is -0.366 e. The van der Waals surface area contributed by atoms with E-state index < -0.39 is 29.4 Å². The monoisotopic (exact) mass is 190 g/mol. The SMILES string of the molecule is NC(=O)c1cnc(F)cc1C(F)F. The second-order valence-corrected chi connectivity index (χ2v) is 2.26. The molecule has 0 saturated heterocycles. The van der Waals surface area contributed by atoms with Crippen molar-refractivity contribution in [3.8, 4) is 0 Å². The lowest BCUT2D eigenvalue weighted by atomic mass is 10.1. The fraction of sp³-hybridized carbons (Fsp3) is 0.143. The highest BCUT2D eigenvalue weighted by molar-refractivity contribution is 5.94. The molecule has 0 aliphatic heterocycles. The zero-order valence-corrected chi connectivity index (χ0v) is 6.30. The van der Waals surface area contributed by atoms with Gasteiger partial charge in [-0.3, -0.25) is 4.79 Å². The largest absolute Gasteiger partial charge is 0.366 e. The zero-order valence-electron chi connectivity index (χ0n) is 6.30. The molecule has 1 heterocycles. The highest BCUT2D eigenvalue weighted by Crippen LogP contribution is 2.22. The first-order chi connectivity index (χ1) is 6.02. The van der Waals surface area contributed by atoms with Crippen LogP contribution in [0.5, 0.6) is 0 Å². The number of carbonyl (C=O) groups excluding carboxylic acids is 1. The Labute approximate surface area is 71.4 Å². The van der Waals surface area contributed by atoms with E-state index in [9.17, 15) is 18.0 Å². The maximum atomic E-state index is 12.4. The molecule has 0 aromatic carbocycles. The molecule has 0 fully saturated rings. The van der Waals surface area contributed by atoms with Crippen LogP contribution >= 0.6 is 0 Å². The fourth-order valence-electron chi connectivity index (χ4n) is 0.831. The van der Waals surface area contributed by atoms with Crippen molar-refractivity contribution in [2.24, 2.45) is 5.73 Å². The van der Waals surface area contributed by atoms with E-state index in [2.05, 4.69) is 4.98 Å². The van der Waals surface area contributed by atoms with E-state index in [1.54, 1.807) is 0 Å². The third-order valence-corrected chi connectivity index (χ3v) is 1.40. The quantitative estimate of drug-likeness (QED) is 0.713. The molecule has 3 nitrogen and oxygen atoms in total. The van der Waals surface area contributed by atoms with E-state index in [1.807, 2.05) is 0 Å². The summed E-state index contributed by atoms with van der Waals surface area (Å²) >= 11 is 0.